The maximum atomic E-state index is 9.33. The molecule has 0 radical (unpaired) electrons. The Hall–Kier alpha value is -1.28. The van der Waals surface area contributed by atoms with Gasteiger partial charge in [-0.1, -0.05) is 23.8 Å². The molecule has 2 nitrogen and oxygen atoms in total. The van der Waals surface area contributed by atoms with Crippen LogP contribution in [0.1, 0.15) is 11.1 Å². The van der Waals surface area contributed by atoms with Crippen molar-refractivity contribution in [3.8, 4) is 5.75 Å². The fraction of sp³-hybridized carbons (Fsp3) is 0.200. The molecular formula is C10H12O2. The summed E-state index contributed by atoms with van der Waals surface area (Å²) >= 11 is 0. The van der Waals surface area contributed by atoms with E-state index < -0.39 is 0 Å². The quantitative estimate of drug-likeness (QED) is 0.698. The first kappa shape index (κ1) is 8.81. The number of rotatable bonds is 2. The molecule has 2 N–H and O–H groups in total. The lowest BCUT2D eigenvalue weighted by molar-refractivity contribution is 0.343. The van der Waals surface area contributed by atoms with Gasteiger partial charge in [-0.15, -0.1) is 0 Å². The van der Waals surface area contributed by atoms with Crippen molar-refractivity contribution in [1.82, 2.24) is 0 Å². The van der Waals surface area contributed by atoms with E-state index in [0.29, 0.717) is 0 Å². The van der Waals surface area contributed by atoms with E-state index in [9.17, 15) is 5.11 Å². The van der Waals surface area contributed by atoms with E-state index in [1.807, 2.05) is 19.1 Å². The average molecular weight is 164 g/mol. The Morgan fingerprint density at radius 2 is 2.17 bits per heavy atom. The van der Waals surface area contributed by atoms with Crippen LogP contribution in [-0.4, -0.2) is 16.8 Å². The normalized spacial score (nSPS) is 10.8. The number of benzene rings is 1. The lowest BCUT2D eigenvalue weighted by Crippen LogP contribution is -1.78. The van der Waals surface area contributed by atoms with E-state index in [1.165, 1.54) is 0 Å². The predicted octanol–water partition coefficient (Wildman–Crippen LogP) is 1.71. The standard InChI is InChI=1S/C10H12O2/c1-8-4-5-10(12)9(7-8)3-2-6-11/h2-5,7,11-12H,6H2,1H3/b3-2-. The number of hydrogen-bond donors (Lipinski definition) is 2. The molecule has 0 bridgehead atoms. The van der Waals surface area contributed by atoms with E-state index >= 15 is 0 Å². The van der Waals surface area contributed by atoms with Gasteiger partial charge >= 0.3 is 0 Å². The molecule has 1 aromatic rings. The van der Waals surface area contributed by atoms with Gasteiger partial charge in [-0.2, -0.15) is 0 Å². The van der Waals surface area contributed by atoms with Crippen LogP contribution in [0, 0.1) is 6.92 Å². The molecular weight excluding hydrogens is 152 g/mol. The molecule has 0 spiro atoms. The van der Waals surface area contributed by atoms with Crippen LogP contribution >= 0.6 is 0 Å². The molecule has 0 saturated heterocycles. The van der Waals surface area contributed by atoms with E-state index in [0.717, 1.165) is 11.1 Å². The molecule has 0 unspecified atom stereocenters. The van der Waals surface area contributed by atoms with Crippen molar-refractivity contribution >= 4 is 6.08 Å². The largest absolute Gasteiger partial charge is 0.507 e. The van der Waals surface area contributed by atoms with Gasteiger partial charge in [0.05, 0.1) is 6.61 Å². The SMILES string of the molecule is Cc1ccc(O)c(/C=C\CO)c1. The van der Waals surface area contributed by atoms with Crippen molar-refractivity contribution in [3.05, 3.63) is 35.4 Å². The van der Waals surface area contributed by atoms with E-state index in [2.05, 4.69) is 0 Å². The second-order valence-electron chi connectivity index (χ2n) is 2.65. The summed E-state index contributed by atoms with van der Waals surface area (Å²) in [6.45, 7) is 1.95. The van der Waals surface area contributed by atoms with Crippen LogP contribution in [0.25, 0.3) is 6.08 Å². The van der Waals surface area contributed by atoms with Crippen LogP contribution in [-0.2, 0) is 0 Å². The number of phenolic OH excluding ortho intramolecular Hbond substituents is 1. The molecule has 1 rings (SSSR count). The zero-order valence-corrected chi connectivity index (χ0v) is 6.99. The highest BCUT2D eigenvalue weighted by Gasteiger charge is 1.95. The summed E-state index contributed by atoms with van der Waals surface area (Å²) < 4.78 is 0. The highest BCUT2D eigenvalue weighted by atomic mass is 16.3. The molecule has 0 aliphatic heterocycles. The van der Waals surface area contributed by atoms with Crippen molar-refractivity contribution < 1.29 is 10.2 Å². The lowest BCUT2D eigenvalue weighted by Gasteiger charge is -1.99. The molecule has 0 fully saturated rings. The number of phenols is 1. The van der Waals surface area contributed by atoms with Gasteiger partial charge in [0.2, 0.25) is 0 Å². The molecule has 0 amide bonds. The summed E-state index contributed by atoms with van der Waals surface area (Å²) in [5.41, 5.74) is 1.83. The Labute approximate surface area is 71.8 Å². The summed E-state index contributed by atoms with van der Waals surface area (Å²) in [7, 11) is 0. The molecule has 1 aromatic carbocycles. The lowest BCUT2D eigenvalue weighted by atomic mass is 10.1. The van der Waals surface area contributed by atoms with Crippen LogP contribution in [0.3, 0.4) is 0 Å². The smallest absolute Gasteiger partial charge is 0.122 e. The number of aliphatic hydroxyl groups is 1. The van der Waals surface area contributed by atoms with Gasteiger partial charge in [-0.05, 0) is 19.1 Å². The summed E-state index contributed by atoms with van der Waals surface area (Å²) in [5, 5.41) is 17.8. The van der Waals surface area contributed by atoms with E-state index in [-0.39, 0.29) is 12.4 Å². The third kappa shape index (κ3) is 2.10. The number of aromatic hydroxyl groups is 1. The Morgan fingerprint density at radius 1 is 1.42 bits per heavy atom. The molecule has 0 heterocycles. The summed E-state index contributed by atoms with van der Waals surface area (Å²) in [6, 6.07) is 5.35. The topological polar surface area (TPSA) is 40.5 Å². The summed E-state index contributed by atoms with van der Waals surface area (Å²) in [6.07, 6.45) is 3.29. The Morgan fingerprint density at radius 3 is 2.83 bits per heavy atom. The van der Waals surface area contributed by atoms with Crippen molar-refractivity contribution in [2.24, 2.45) is 0 Å². The van der Waals surface area contributed by atoms with Gasteiger partial charge in [-0.25, -0.2) is 0 Å². The highest BCUT2D eigenvalue weighted by molar-refractivity contribution is 5.57. The number of aliphatic hydroxyl groups excluding tert-OH is 1. The Bertz CT molecular complexity index is 290. The van der Waals surface area contributed by atoms with Crippen LogP contribution in [0.15, 0.2) is 24.3 Å². The average Bonchev–Trinajstić information content (AvgIpc) is 2.07. The Balaban J connectivity index is 2.97. The third-order valence-corrected chi connectivity index (χ3v) is 1.59. The molecule has 2 heteroatoms. The molecule has 0 saturated carbocycles. The Kier molecular flexibility index (Phi) is 2.88. The summed E-state index contributed by atoms with van der Waals surface area (Å²) in [4.78, 5) is 0. The first-order valence-electron chi connectivity index (χ1n) is 3.81. The zero-order chi connectivity index (χ0) is 8.97. The van der Waals surface area contributed by atoms with Crippen molar-refractivity contribution in [1.29, 1.82) is 0 Å². The second-order valence-corrected chi connectivity index (χ2v) is 2.65. The van der Waals surface area contributed by atoms with Crippen LogP contribution < -0.4 is 0 Å². The van der Waals surface area contributed by atoms with Crippen molar-refractivity contribution in [2.75, 3.05) is 6.61 Å². The molecule has 0 atom stereocenters. The highest BCUT2D eigenvalue weighted by Crippen LogP contribution is 2.19. The van der Waals surface area contributed by atoms with Crippen molar-refractivity contribution in [3.63, 3.8) is 0 Å². The second kappa shape index (κ2) is 3.93. The van der Waals surface area contributed by atoms with E-state index in [1.54, 1.807) is 18.2 Å². The number of hydrogen-bond acceptors (Lipinski definition) is 2. The minimum Gasteiger partial charge on any atom is -0.507 e. The van der Waals surface area contributed by atoms with Gasteiger partial charge in [0.25, 0.3) is 0 Å². The van der Waals surface area contributed by atoms with Crippen molar-refractivity contribution in [2.45, 2.75) is 6.92 Å². The van der Waals surface area contributed by atoms with Crippen LogP contribution in [0.4, 0.5) is 0 Å². The zero-order valence-electron chi connectivity index (χ0n) is 6.99. The maximum Gasteiger partial charge on any atom is 0.122 e. The molecule has 64 valence electrons. The fourth-order valence-electron chi connectivity index (χ4n) is 0.987. The van der Waals surface area contributed by atoms with Gasteiger partial charge in [0.15, 0.2) is 0 Å². The van der Waals surface area contributed by atoms with Crippen LogP contribution in [0.5, 0.6) is 5.75 Å². The first-order valence-corrected chi connectivity index (χ1v) is 3.81. The summed E-state index contributed by atoms with van der Waals surface area (Å²) in [5.74, 6) is 0.241. The number of aryl methyl sites for hydroxylation is 1. The minimum atomic E-state index is -0.00657. The van der Waals surface area contributed by atoms with Crippen LogP contribution in [0.2, 0.25) is 0 Å². The third-order valence-electron chi connectivity index (χ3n) is 1.59. The molecule has 12 heavy (non-hydrogen) atoms. The van der Waals surface area contributed by atoms with Gasteiger partial charge in [-0.3, -0.25) is 0 Å². The van der Waals surface area contributed by atoms with Gasteiger partial charge < -0.3 is 10.2 Å². The molecule has 0 aliphatic rings. The maximum absolute atomic E-state index is 9.33. The minimum absolute atomic E-state index is 0.00657. The van der Waals surface area contributed by atoms with E-state index in [4.69, 9.17) is 5.11 Å². The van der Waals surface area contributed by atoms with Gasteiger partial charge in [0.1, 0.15) is 5.75 Å². The first-order chi connectivity index (χ1) is 5.74. The fourth-order valence-corrected chi connectivity index (χ4v) is 0.987. The molecule has 0 aromatic heterocycles. The van der Waals surface area contributed by atoms with Gasteiger partial charge in [0, 0.05) is 5.56 Å². The monoisotopic (exact) mass is 164 g/mol. The predicted molar refractivity (Wildman–Crippen MR) is 49.0 cm³/mol. The molecule has 0 aliphatic carbocycles.